The van der Waals surface area contributed by atoms with Gasteiger partial charge in [-0.25, -0.2) is 0 Å². The van der Waals surface area contributed by atoms with Gasteiger partial charge < -0.3 is 15.5 Å². The van der Waals surface area contributed by atoms with Crippen molar-refractivity contribution in [3.63, 3.8) is 0 Å². The van der Waals surface area contributed by atoms with Gasteiger partial charge in [0.25, 0.3) is 5.91 Å². The van der Waals surface area contributed by atoms with E-state index >= 15 is 0 Å². The van der Waals surface area contributed by atoms with Crippen LogP contribution in [0.5, 0.6) is 0 Å². The second-order valence-corrected chi connectivity index (χ2v) is 8.48. The standard InChI is InChI=1S/C20H31N3O3S/c1-4-9-21-20(26)18(22-19(25)16-6-5-12-27-16)15-7-10-23(11-8-15)17(24)13-14(2)3/h5-6,12,14-15,18H,4,7-11,13H2,1-3H3,(H,21,26)(H,22,25). The molecule has 1 aromatic rings. The van der Waals surface area contributed by atoms with Gasteiger partial charge in [0.1, 0.15) is 6.04 Å². The SMILES string of the molecule is CCCNC(=O)C(NC(=O)c1cccs1)C1CCN(C(=O)CC(C)C)CC1. The fourth-order valence-corrected chi connectivity index (χ4v) is 3.96. The molecule has 6 nitrogen and oxygen atoms in total. The highest BCUT2D eigenvalue weighted by Gasteiger charge is 2.34. The van der Waals surface area contributed by atoms with Gasteiger partial charge in [0.15, 0.2) is 0 Å². The van der Waals surface area contributed by atoms with Crippen molar-refractivity contribution in [2.45, 2.75) is 52.5 Å². The average Bonchev–Trinajstić information content (AvgIpc) is 3.18. The minimum Gasteiger partial charge on any atom is -0.354 e. The molecule has 2 N–H and O–H groups in total. The van der Waals surface area contributed by atoms with E-state index in [1.165, 1.54) is 11.3 Å². The first kappa shape index (κ1) is 21.4. The molecule has 150 valence electrons. The molecule has 1 fully saturated rings. The Kier molecular flexibility index (Phi) is 8.28. The number of amides is 3. The Hall–Kier alpha value is -1.89. The van der Waals surface area contributed by atoms with Gasteiger partial charge in [0, 0.05) is 26.1 Å². The minimum absolute atomic E-state index is 0.0360. The number of rotatable bonds is 8. The van der Waals surface area contributed by atoms with E-state index in [0.717, 1.165) is 19.3 Å². The largest absolute Gasteiger partial charge is 0.354 e. The number of carbonyl (C=O) groups excluding carboxylic acids is 3. The molecule has 0 saturated carbocycles. The van der Waals surface area contributed by atoms with E-state index in [9.17, 15) is 14.4 Å². The maximum Gasteiger partial charge on any atom is 0.262 e. The molecular weight excluding hydrogens is 362 g/mol. The third kappa shape index (κ3) is 6.34. The summed E-state index contributed by atoms with van der Waals surface area (Å²) in [6.45, 7) is 7.96. The quantitative estimate of drug-likeness (QED) is 0.713. The summed E-state index contributed by atoms with van der Waals surface area (Å²) in [7, 11) is 0. The summed E-state index contributed by atoms with van der Waals surface area (Å²) in [4.78, 5) is 39.9. The molecule has 3 amide bonds. The summed E-state index contributed by atoms with van der Waals surface area (Å²) in [6, 6.07) is 3.02. The van der Waals surface area contributed by atoms with E-state index in [-0.39, 0.29) is 23.6 Å². The Morgan fingerprint density at radius 3 is 2.52 bits per heavy atom. The van der Waals surface area contributed by atoms with Crippen LogP contribution in [0.3, 0.4) is 0 Å². The monoisotopic (exact) mass is 393 g/mol. The molecule has 0 aliphatic carbocycles. The fraction of sp³-hybridized carbons (Fsp3) is 0.650. The number of hydrogen-bond donors (Lipinski definition) is 2. The highest BCUT2D eigenvalue weighted by atomic mass is 32.1. The predicted octanol–water partition coefficient (Wildman–Crippen LogP) is 2.66. The van der Waals surface area contributed by atoms with Crippen molar-refractivity contribution in [2.24, 2.45) is 11.8 Å². The van der Waals surface area contributed by atoms with Crippen molar-refractivity contribution in [3.05, 3.63) is 22.4 Å². The Morgan fingerprint density at radius 2 is 1.96 bits per heavy atom. The zero-order valence-electron chi connectivity index (χ0n) is 16.5. The Labute approximate surface area is 165 Å². The van der Waals surface area contributed by atoms with Crippen LogP contribution >= 0.6 is 11.3 Å². The summed E-state index contributed by atoms with van der Waals surface area (Å²) in [5.74, 6) is 0.216. The Balaban J connectivity index is 2.00. The lowest BCUT2D eigenvalue weighted by Crippen LogP contribution is -2.53. The van der Waals surface area contributed by atoms with Crippen LogP contribution in [0.2, 0.25) is 0 Å². The maximum absolute atomic E-state index is 12.7. The highest BCUT2D eigenvalue weighted by molar-refractivity contribution is 7.12. The van der Waals surface area contributed by atoms with Crippen molar-refractivity contribution in [1.82, 2.24) is 15.5 Å². The molecule has 1 aliphatic heterocycles. The van der Waals surface area contributed by atoms with Gasteiger partial charge in [-0.15, -0.1) is 11.3 Å². The predicted molar refractivity (Wildman–Crippen MR) is 108 cm³/mol. The molecule has 0 bridgehead atoms. The molecule has 0 aromatic carbocycles. The van der Waals surface area contributed by atoms with Crippen molar-refractivity contribution in [3.8, 4) is 0 Å². The smallest absolute Gasteiger partial charge is 0.262 e. The van der Waals surface area contributed by atoms with Crippen molar-refractivity contribution < 1.29 is 14.4 Å². The minimum atomic E-state index is -0.562. The molecule has 2 rings (SSSR count). The van der Waals surface area contributed by atoms with Gasteiger partial charge in [-0.3, -0.25) is 14.4 Å². The molecule has 7 heteroatoms. The number of nitrogens with zero attached hydrogens (tertiary/aromatic N) is 1. The van der Waals surface area contributed by atoms with Gasteiger partial charge in [-0.05, 0) is 42.5 Å². The lowest BCUT2D eigenvalue weighted by Gasteiger charge is -2.36. The van der Waals surface area contributed by atoms with E-state index in [4.69, 9.17) is 0 Å². The van der Waals surface area contributed by atoms with E-state index < -0.39 is 6.04 Å². The van der Waals surface area contributed by atoms with Crippen LogP contribution in [-0.4, -0.2) is 48.3 Å². The van der Waals surface area contributed by atoms with Crippen LogP contribution in [0.4, 0.5) is 0 Å². The molecule has 1 aromatic heterocycles. The van der Waals surface area contributed by atoms with Crippen LogP contribution in [0.1, 0.15) is 56.1 Å². The van der Waals surface area contributed by atoms with Gasteiger partial charge in [0.2, 0.25) is 11.8 Å². The van der Waals surface area contributed by atoms with Crippen LogP contribution in [0, 0.1) is 11.8 Å². The Morgan fingerprint density at radius 1 is 1.26 bits per heavy atom. The zero-order chi connectivity index (χ0) is 19.8. The number of thiophene rings is 1. The first-order chi connectivity index (χ1) is 12.9. The summed E-state index contributed by atoms with van der Waals surface area (Å²) in [5.41, 5.74) is 0. The van der Waals surface area contributed by atoms with E-state index in [0.29, 0.717) is 36.9 Å². The van der Waals surface area contributed by atoms with Gasteiger partial charge in [-0.2, -0.15) is 0 Å². The third-order valence-corrected chi connectivity index (χ3v) is 5.68. The molecule has 1 unspecified atom stereocenters. The molecule has 2 heterocycles. The molecule has 1 saturated heterocycles. The lowest BCUT2D eigenvalue weighted by molar-refractivity contribution is -0.133. The topological polar surface area (TPSA) is 78.5 Å². The van der Waals surface area contributed by atoms with Gasteiger partial charge in [0.05, 0.1) is 4.88 Å². The fourth-order valence-electron chi connectivity index (χ4n) is 3.34. The number of piperidine rings is 1. The average molecular weight is 394 g/mol. The van der Waals surface area contributed by atoms with Crippen molar-refractivity contribution in [1.29, 1.82) is 0 Å². The molecule has 1 atom stereocenters. The second-order valence-electron chi connectivity index (χ2n) is 7.54. The van der Waals surface area contributed by atoms with Gasteiger partial charge >= 0.3 is 0 Å². The van der Waals surface area contributed by atoms with Crippen LogP contribution in [0.15, 0.2) is 17.5 Å². The second kappa shape index (κ2) is 10.4. The number of hydrogen-bond acceptors (Lipinski definition) is 4. The summed E-state index contributed by atoms with van der Waals surface area (Å²) in [5, 5.41) is 7.69. The summed E-state index contributed by atoms with van der Waals surface area (Å²) < 4.78 is 0. The Bertz CT molecular complexity index is 622. The van der Waals surface area contributed by atoms with E-state index in [1.807, 2.05) is 37.1 Å². The van der Waals surface area contributed by atoms with Gasteiger partial charge in [-0.1, -0.05) is 26.8 Å². The normalized spacial score (nSPS) is 16.2. The van der Waals surface area contributed by atoms with E-state index in [2.05, 4.69) is 10.6 Å². The van der Waals surface area contributed by atoms with Crippen LogP contribution in [0.25, 0.3) is 0 Å². The van der Waals surface area contributed by atoms with E-state index in [1.54, 1.807) is 6.07 Å². The first-order valence-electron chi connectivity index (χ1n) is 9.82. The number of carbonyl (C=O) groups is 3. The molecule has 1 aliphatic rings. The number of likely N-dealkylation sites (tertiary alicyclic amines) is 1. The third-order valence-electron chi connectivity index (χ3n) is 4.81. The van der Waals surface area contributed by atoms with Crippen LogP contribution < -0.4 is 10.6 Å². The van der Waals surface area contributed by atoms with Crippen molar-refractivity contribution >= 4 is 29.1 Å². The van der Waals surface area contributed by atoms with Crippen molar-refractivity contribution in [2.75, 3.05) is 19.6 Å². The van der Waals surface area contributed by atoms with Crippen LogP contribution in [-0.2, 0) is 9.59 Å². The lowest BCUT2D eigenvalue weighted by atomic mass is 9.88. The highest BCUT2D eigenvalue weighted by Crippen LogP contribution is 2.23. The molecule has 0 radical (unpaired) electrons. The first-order valence-corrected chi connectivity index (χ1v) is 10.7. The maximum atomic E-state index is 12.7. The summed E-state index contributed by atoms with van der Waals surface area (Å²) >= 11 is 1.36. The molecular formula is C20H31N3O3S. The molecule has 27 heavy (non-hydrogen) atoms. The number of nitrogens with one attached hydrogen (secondary N) is 2. The summed E-state index contributed by atoms with van der Waals surface area (Å²) in [6.07, 6.45) is 2.84. The zero-order valence-corrected chi connectivity index (χ0v) is 17.3. The molecule has 0 spiro atoms.